The van der Waals surface area contributed by atoms with E-state index in [1.54, 1.807) is 7.11 Å². The summed E-state index contributed by atoms with van der Waals surface area (Å²) in [5, 5.41) is 0. The molecule has 1 aliphatic heterocycles. The number of piperidine rings is 1. The van der Waals surface area contributed by atoms with Crippen molar-refractivity contribution in [2.24, 2.45) is 0 Å². The normalized spacial score (nSPS) is 21.7. The third-order valence-corrected chi connectivity index (χ3v) is 2.97. The fourth-order valence-corrected chi connectivity index (χ4v) is 2.01. The van der Waals surface area contributed by atoms with Crippen molar-refractivity contribution >= 4 is 5.69 Å². The number of hydrogen-bond donors (Lipinski definition) is 0. The number of methoxy groups -OCH3 is 1. The van der Waals surface area contributed by atoms with E-state index in [1.165, 1.54) is 18.5 Å². The zero-order chi connectivity index (χ0) is 10.7. The summed E-state index contributed by atoms with van der Waals surface area (Å²) in [6, 6.07) is 4.20. The predicted octanol–water partition coefficient (Wildman–Crippen LogP) is 2.01. The van der Waals surface area contributed by atoms with Crippen LogP contribution in [-0.2, 0) is 4.74 Å². The summed E-state index contributed by atoms with van der Waals surface area (Å²) < 4.78 is 5.40. The van der Waals surface area contributed by atoms with Crippen molar-refractivity contribution in [3.8, 4) is 0 Å². The highest BCUT2D eigenvalue weighted by Crippen LogP contribution is 2.20. The molecule has 0 saturated carbocycles. The molecule has 2 rings (SSSR count). The highest BCUT2D eigenvalue weighted by Gasteiger charge is 2.19. The maximum Gasteiger partial charge on any atom is 0.0746 e. The number of anilines is 1. The largest absolute Gasteiger partial charge is 0.380 e. The van der Waals surface area contributed by atoms with E-state index in [1.807, 2.05) is 13.1 Å². The van der Waals surface area contributed by atoms with Crippen LogP contribution in [0.5, 0.6) is 0 Å². The molecule has 3 nitrogen and oxygen atoms in total. The van der Waals surface area contributed by atoms with Gasteiger partial charge in [0.2, 0.25) is 0 Å². The van der Waals surface area contributed by atoms with Gasteiger partial charge in [0, 0.05) is 25.9 Å². The molecule has 3 heteroatoms. The van der Waals surface area contributed by atoms with E-state index in [4.69, 9.17) is 4.74 Å². The highest BCUT2D eigenvalue weighted by atomic mass is 16.5. The van der Waals surface area contributed by atoms with E-state index in [0.717, 1.165) is 18.8 Å². The third kappa shape index (κ3) is 2.48. The van der Waals surface area contributed by atoms with Crippen molar-refractivity contribution in [3.05, 3.63) is 24.0 Å². The van der Waals surface area contributed by atoms with Crippen LogP contribution in [0.3, 0.4) is 0 Å². The first-order valence-electron chi connectivity index (χ1n) is 5.50. The lowest BCUT2D eigenvalue weighted by molar-refractivity contribution is 0.0893. The number of aryl methyl sites for hydroxylation is 1. The summed E-state index contributed by atoms with van der Waals surface area (Å²) in [4.78, 5) is 6.67. The van der Waals surface area contributed by atoms with Gasteiger partial charge in [0.05, 0.1) is 18.0 Å². The second-order valence-electron chi connectivity index (χ2n) is 4.10. The molecule has 0 N–H and O–H groups in total. The van der Waals surface area contributed by atoms with Crippen LogP contribution in [0.4, 0.5) is 5.69 Å². The Balaban J connectivity index is 2.06. The van der Waals surface area contributed by atoms with Gasteiger partial charge in [-0.25, -0.2) is 0 Å². The molecule has 0 unspecified atom stereocenters. The van der Waals surface area contributed by atoms with Gasteiger partial charge in [-0.2, -0.15) is 0 Å². The minimum absolute atomic E-state index is 0.375. The lowest BCUT2D eigenvalue weighted by atomic mass is 10.1. The molecule has 1 fully saturated rings. The van der Waals surface area contributed by atoms with Crippen molar-refractivity contribution in [3.63, 3.8) is 0 Å². The number of ether oxygens (including phenoxy) is 1. The monoisotopic (exact) mass is 206 g/mol. The molecular weight excluding hydrogens is 188 g/mol. The van der Waals surface area contributed by atoms with E-state index >= 15 is 0 Å². The minimum atomic E-state index is 0.375. The molecular formula is C12H18N2O. The molecule has 1 aliphatic rings. The van der Waals surface area contributed by atoms with E-state index in [0.29, 0.717) is 6.10 Å². The second-order valence-corrected chi connectivity index (χ2v) is 4.10. The van der Waals surface area contributed by atoms with Crippen LogP contribution < -0.4 is 4.90 Å². The molecule has 1 aromatic rings. The minimum Gasteiger partial charge on any atom is -0.380 e. The first-order chi connectivity index (χ1) is 7.29. The van der Waals surface area contributed by atoms with E-state index in [2.05, 4.69) is 22.0 Å². The molecule has 0 amide bonds. The lowest BCUT2D eigenvalue weighted by Gasteiger charge is -2.33. The molecule has 82 valence electrons. The summed E-state index contributed by atoms with van der Waals surface area (Å²) in [6.07, 6.45) is 4.70. The third-order valence-electron chi connectivity index (χ3n) is 2.97. The summed E-state index contributed by atoms with van der Waals surface area (Å²) in [5.74, 6) is 0. The number of hydrogen-bond acceptors (Lipinski definition) is 3. The maximum absolute atomic E-state index is 5.40. The van der Waals surface area contributed by atoms with E-state index in [9.17, 15) is 0 Å². The number of pyridine rings is 1. The van der Waals surface area contributed by atoms with Crippen LogP contribution in [0.15, 0.2) is 18.3 Å². The zero-order valence-electron chi connectivity index (χ0n) is 9.44. The van der Waals surface area contributed by atoms with Crippen molar-refractivity contribution in [2.75, 3.05) is 25.1 Å². The second kappa shape index (κ2) is 4.62. The first-order valence-corrected chi connectivity index (χ1v) is 5.50. The van der Waals surface area contributed by atoms with Gasteiger partial charge in [-0.15, -0.1) is 0 Å². The Labute approximate surface area is 91.1 Å². The van der Waals surface area contributed by atoms with Gasteiger partial charge < -0.3 is 9.64 Å². The molecule has 0 bridgehead atoms. The van der Waals surface area contributed by atoms with Crippen LogP contribution in [0.25, 0.3) is 0 Å². The van der Waals surface area contributed by atoms with Gasteiger partial charge >= 0.3 is 0 Å². The molecule has 1 atom stereocenters. The lowest BCUT2D eigenvalue weighted by Crippen LogP contribution is -2.39. The molecule has 0 aromatic carbocycles. The van der Waals surface area contributed by atoms with Crippen LogP contribution in [0.2, 0.25) is 0 Å². The Hall–Kier alpha value is -1.09. The molecule has 15 heavy (non-hydrogen) atoms. The Morgan fingerprint density at radius 1 is 1.47 bits per heavy atom. The SMILES string of the molecule is CO[C@H]1CCCN(c2ccc(C)nc2)C1. The van der Waals surface area contributed by atoms with E-state index in [-0.39, 0.29) is 0 Å². The standard InChI is InChI=1S/C12H18N2O/c1-10-5-6-11(8-13-10)14-7-3-4-12(9-14)15-2/h5-6,8,12H,3-4,7,9H2,1-2H3/t12-/m0/s1. The smallest absolute Gasteiger partial charge is 0.0746 e. The van der Waals surface area contributed by atoms with Gasteiger partial charge in [-0.3, -0.25) is 4.98 Å². The Kier molecular flexibility index (Phi) is 3.21. The highest BCUT2D eigenvalue weighted by molar-refractivity contribution is 5.45. The van der Waals surface area contributed by atoms with Gasteiger partial charge in [0.1, 0.15) is 0 Å². The predicted molar refractivity (Wildman–Crippen MR) is 61.2 cm³/mol. The summed E-state index contributed by atoms with van der Waals surface area (Å²) in [5.41, 5.74) is 2.28. The van der Waals surface area contributed by atoms with Crippen LogP contribution in [-0.4, -0.2) is 31.3 Å². The maximum atomic E-state index is 5.40. The van der Waals surface area contributed by atoms with Crippen molar-refractivity contribution in [1.29, 1.82) is 0 Å². The quantitative estimate of drug-likeness (QED) is 0.740. The number of rotatable bonds is 2. The van der Waals surface area contributed by atoms with Crippen LogP contribution >= 0.6 is 0 Å². The fourth-order valence-electron chi connectivity index (χ4n) is 2.01. The molecule has 0 aliphatic carbocycles. The average Bonchev–Trinajstić information content (AvgIpc) is 2.30. The average molecular weight is 206 g/mol. The molecule has 1 aromatic heterocycles. The van der Waals surface area contributed by atoms with Crippen molar-refractivity contribution in [2.45, 2.75) is 25.9 Å². The van der Waals surface area contributed by atoms with Gasteiger partial charge in [-0.1, -0.05) is 0 Å². The fraction of sp³-hybridized carbons (Fsp3) is 0.583. The molecule has 1 saturated heterocycles. The first kappa shape index (κ1) is 10.4. The van der Waals surface area contributed by atoms with E-state index < -0.39 is 0 Å². The molecule has 2 heterocycles. The number of aromatic nitrogens is 1. The van der Waals surface area contributed by atoms with Crippen LogP contribution in [0, 0.1) is 6.92 Å². The van der Waals surface area contributed by atoms with Gasteiger partial charge in [-0.05, 0) is 31.9 Å². The van der Waals surface area contributed by atoms with Crippen LogP contribution in [0.1, 0.15) is 18.5 Å². The summed E-state index contributed by atoms with van der Waals surface area (Å²) in [6.45, 7) is 4.11. The van der Waals surface area contributed by atoms with Gasteiger partial charge in [0.15, 0.2) is 0 Å². The Bertz CT molecular complexity index is 310. The summed E-state index contributed by atoms with van der Waals surface area (Å²) >= 11 is 0. The molecule has 0 spiro atoms. The van der Waals surface area contributed by atoms with Crippen molar-refractivity contribution in [1.82, 2.24) is 4.98 Å². The zero-order valence-corrected chi connectivity index (χ0v) is 9.44. The Morgan fingerprint density at radius 2 is 2.33 bits per heavy atom. The Morgan fingerprint density at radius 3 is 3.00 bits per heavy atom. The number of nitrogens with zero attached hydrogens (tertiary/aromatic N) is 2. The molecule has 0 radical (unpaired) electrons. The summed E-state index contributed by atoms with van der Waals surface area (Å²) in [7, 11) is 1.79. The van der Waals surface area contributed by atoms with Crippen molar-refractivity contribution < 1.29 is 4.74 Å². The van der Waals surface area contributed by atoms with Gasteiger partial charge in [0.25, 0.3) is 0 Å². The topological polar surface area (TPSA) is 25.4 Å².